The summed E-state index contributed by atoms with van der Waals surface area (Å²) in [5, 5.41) is 53.0. The number of quaternary nitrogens is 1. The van der Waals surface area contributed by atoms with Crippen molar-refractivity contribution >= 4 is 75.2 Å². The number of aromatic hydroxyl groups is 2. The number of anilines is 1. The number of benzene rings is 1. The van der Waals surface area contributed by atoms with E-state index in [2.05, 4.69) is 20.8 Å². The second kappa shape index (κ2) is 14.8. The molecule has 0 radical (unpaired) electrons. The van der Waals surface area contributed by atoms with Crippen LogP contribution >= 0.6 is 34.7 Å². The molecule has 2 aromatic rings. The number of carbonyl (C=O) groups is 5. The van der Waals surface area contributed by atoms with Gasteiger partial charge in [0.2, 0.25) is 0 Å². The zero-order valence-corrected chi connectivity index (χ0v) is 31.8. The van der Waals surface area contributed by atoms with Crippen molar-refractivity contribution in [1.29, 1.82) is 0 Å². The average molecular weight is 772 g/mol. The topological polar surface area (TPSA) is 264 Å². The van der Waals surface area contributed by atoms with Gasteiger partial charge in [-0.25, -0.2) is 4.98 Å². The van der Waals surface area contributed by atoms with E-state index >= 15 is 0 Å². The number of carboxylic acids is 2. The fourth-order valence-corrected chi connectivity index (χ4v) is 8.78. The summed E-state index contributed by atoms with van der Waals surface area (Å²) in [4.78, 5) is 74.6. The standard InChI is InChI=1S/C30H32ClN7O10S2.Na/c1-30(2,28(46)47)48-36-19(16-10-50-29(32)34-16)24(42)35-20-25(43)38-21(27(44)45)12(9-49-26(20)38)8-37-7-11-5-13(37)6-15(11)33-23(41)14-3-4-17(39)22(40)18(14)31;/h3-4,10-11,13,15,20,26,39-40H,5-9H2,1-2H3,(H2,32,34)(H,33,41)(H,35,42)(H,44,45)(H,46,47);/q;+1/p-1/b36-19-;/t11?,13?,15?,20-,26-;/m1./s1. The van der Waals surface area contributed by atoms with Crippen molar-refractivity contribution in [2.45, 2.75) is 55.8 Å². The maximum atomic E-state index is 13.3. The number of nitrogens with two attached hydrogens (primary N) is 1. The first-order valence-corrected chi connectivity index (χ1v) is 17.6. The molecule has 266 valence electrons. The minimum absolute atomic E-state index is 0. The molecule has 4 heterocycles. The number of halogens is 1. The molecule has 0 spiro atoms. The Hall–Kier alpha value is -3.59. The van der Waals surface area contributed by atoms with Crippen LogP contribution in [0.5, 0.6) is 11.5 Å². The number of nitrogens with zero attached hydrogens (tertiary/aromatic N) is 3. The molecule has 17 nitrogen and oxygen atoms in total. The number of thioether (sulfide) groups is 1. The van der Waals surface area contributed by atoms with Crippen LogP contribution in [-0.2, 0) is 24.0 Å². The Morgan fingerprint density at radius 1 is 1.22 bits per heavy atom. The number of likely N-dealkylation sites (tertiary alicyclic amines) is 1. The van der Waals surface area contributed by atoms with E-state index in [4.69, 9.17) is 22.2 Å². The number of rotatable bonds is 11. The number of β-lactam (4-membered cyclic amide) rings is 1. The number of thiazole rings is 1. The average Bonchev–Trinajstić information content (AvgIpc) is 3.78. The monoisotopic (exact) mass is 771 g/mol. The Balaban J connectivity index is 0.00000504. The fraction of sp³-hybridized carbons (Fsp3) is 0.433. The van der Waals surface area contributed by atoms with Crippen molar-refractivity contribution in [3.05, 3.63) is 45.1 Å². The first-order chi connectivity index (χ1) is 23.6. The molecule has 3 amide bonds. The molecule has 1 aromatic carbocycles. The largest absolute Gasteiger partial charge is 1.00 e. The molecular weight excluding hydrogens is 741 g/mol. The van der Waals surface area contributed by atoms with E-state index in [1.54, 1.807) is 0 Å². The number of oxime groups is 1. The number of carboxylic acid groups (broad SMARTS) is 2. The van der Waals surface area contributed by atoms with E-state index in [1.807, 2.05) is 0 Å². The SMILES string of the molecule is CC(C)(O/N=C(\C(=O)N[C@@H]1C(=O)N2C(C(=O)[O-])=C(C[NH+]3CC4CC3CC4NC(=O)c3ccc(O)c(O)c3Cl)CS[C@H]12)c1csc(N)n1)C(=O)[O-].[Na+]. The zero-order chi connectivity index (χ0) is 36.2. The molecular formula is C30H31ClN7NaO10S2. The number of phenolic OH excluding ortho intramolecular Hbond substituents is 2. The van der Waals surface area contributed by atoms with Crippen molar-refractivity contribution in [3.63, 3.8) is 0 Å². The van der Waals surface area contributed by atoms with Gasteiger partial charge in [-0.1, -0.05) is 16.8 Å². The number of carbonyl (C=O) groups excluding carboxylic acids is 5. The van der Waals surface area contributed by atoms with Gasteiger partial charge in [0, 0.05) is 41.5 Å². The number of hydrogen-bond acceptors (Lipinski definition) is 15. The van der Waals surface area contributed by atoms with Crippen molar-refractivity contribution in [2.75, 3.05) is 24.6 Å². The van der Waals surface area contributed by atoms with Gasteiger partial charge in [-0.05, 0) is 26.0 Å². The van der Waals surface area contributed by atoms with Crippen LogP contribution < -0.4 is 61.0 Å². The smallest absolute Gasteiger partial charge is 0.546 e. The number of nitrogen functional groups attached to an aromatic ring is 1. The number of fused-ring (bicyclic) bond motifs is 3. The van der Waals surface area contributed by atoms with Crippen molar-refractivity contribution < 1.29 is 83.7 Å². The van der Waals surface area contributed by atoms with Gasteiger partial charge in [0.05, 0.1) is 40.8 Å². The number of phenols is 2. The summed E-state index contributed by atoms with van der Waals surface area (Å²) in [6.45, 7) is 3.30. The summed E-state index contributed by atoms with van der Waals surface area (Å²) >= 11 is 8.32. The summed E-state index contributed by atoms with van der Waals surface area (Å²) in [5.41, 5.74) is 3.63. The van der Waals surface area contributed by atoms with Crippen LogP contribution in [0.3, 0.4) is 0 Å². The van der Waals surface area contributed by atoms with Gasteiger partial charge in [-0.3, -0.25) is 19.3 Å². The Morgan fingerprint density at radius 3 is 2.55 bits per heavy atom. The van der Waals surface area contributed by atoms with E-state index in [9.17, 15) is 44.4 Å². The van der Waals surface area contributed by atoms with Gasteiger partial charge in [-0.15, -0.1) is 23.1 Å². The second-order valence-corrected chi connectivity index (χ2v) is 15.2. The maximum Gasteiger partial charge on any atom is 1.00 e. The van der Waals surface area contributed by atoms with Gasteiger partial charge in [0.25, 0.3) is 17.7 Å². The van der Waals surface area contributed by atoms with Crippen LogP contribution in [0.2, 0.25) is 5.02 Å². The normalized spacial score (nSPS) is 25.4. The minimum Gasteiger partial charge on any atom is -0.546 e. The summed E-state index contributed by atoms with van der Waals surface area (Å²) in [6.07, 6.45) is 1.40. The molecule has 1 saturated carbocycles. The molecule has 3 aliphatic heterocycles. The van der Waals surface area contributed by atoms with Crippen LogP contribution in [0, 0.1) is 5.92 Å². The number of aromatic nitrogens is 1. The molecule has 2 bridgehead atoms. The van der Waals surface area contributed by atoms with Gasteiger partial charge in [0.15, 0.2) is 27.9 Å². The van der Waals surface area contributed by atoms with Gasteiger partial charge >= 0.3 is 29.6 Å². The Bertz CT molecular complexity index is 1870. The quantitative estimate of drug-likeness (QED) is 0.0409. The molecule has 4 unspecified atom stereocenters. The molecule has 6 atom stereocenters. The molecule has 51 heavy (non-hydrogen) atoms. The molecule has 2 saturated heterocycles. The molecule has 21 heteroatoms. The molecule has 3 fully saturated rings. The van der Waals surface area contributed by atoms with E-state index in [-0.39, 0.29) is 80.4 Å². The molecule has 4 aliphatic rings. The first kappa shape index (κ1) is 38.6. The minimum atomic E-state index is -1.90. The zero-order valence-electron chi connectivity index (χ0n) is 27.4. The third kappa shape index (κ3) is 7.37. The number of hydrogen-bond donors (Lipinski definition) is 6. The molecule has 6 rings (SSSR count). The Kier molecular flexibility index (Phi) is 11.2. The number of aliphatic carboxylic acids is 2. The molecule has 1 aromatic heterocycles. The fourth-order valence-electron chi connectivity index (χ4n) is 6.65. The summed E-state index contributed by atoms with van der Waals surface area (Å²) in [5.74, 6) is -5.87. The first-order valence-electron chi connectivity index (χ1n) is 15.3. The van der Waals surface area contributed by atoms with Gasteiger partial charge in [-0.2, -0.15) is 0 Å². The molecule has 7 N–H and O–H groups in total. The predicted octanol–water partition coefficient (Wildman–Crippen LogP) is -6.08. The number of nitrogens with one attached hydrogen (secondary N) is 3. The maximum absolute atomic E-state index is 13.3. The van der Waals surface area contributed by atoms with Crippen LogP contribution in [0.15, 0.2) is 33.9 Å². The molecule has 1 aliphatic carbocycles. The van der Waals surface area contributed by atoms with Crippen molar-refractivity contribution in [2.24, 2.45) is 11.1 Å². The van der Waals surface area contributed by atoms with Gasteiger partial charge < -0.3 is 56.1 Å². The van der Waals surface area contributed by atoms with Crippen LogP contribution in [0.25, 0.3) is 0 Å². The van der Waals surface area contributed by atoms with E-state index in [0.29, 0.717) is 25.1 Å². The Morgan fingerprint density at radius 2 is 1.94 bits per heavy atom. The van der Waals surface area contributed by atoms with Crippen LogP contribution in [-0.4, -0.2) is 103 Å². The summed E-state index contributed by atoms with van der Waals surface area (Å²) in [6, 6.07) is 1.30. The van der Waals surface area contributed by atoms with Crippen molar-refractivity contribution in [1.82, 2.24) is 20.5 Å². The van der Waals surface area contributed by atoms with E-state index < -0.39 is 63.9 Å². The summed E-state index contributed by atoms with van der Waals surface area (Å²) in [7, 11) is 0. The van der Waals surface area contributed by atoms with E-state index in [1.165, 1.54) is 43.1 Å². The summed E-state index contributed by atoms with van der Waals surface area (Å²) < 4.78 is 0. The number of piperidine rings is 1. The van der Waals surface area contributed by atoms with Gasteiger partial charge in [0.1, 0.15) is 23.7 Å². The van der Waals surface area contributed by atoms with Crippen molar-refractivity contribution in [3.8, 4) is 11.5 Å². The van der Waals surface area contributed by atoms with Crippen LogP contribution in [0.4, 0.5) is 5.13 Å². The number of amides is 3. The second-order valence-electron chi connectivity index (χ2n) is 12.8. The predicted molar refractivity (Wildman–Crippen MR) is 174 cm³/mol. The van der Waals surface area contributed by atoms with E-state index in [0.717, 1.165) is 27.6 Å². The third-order valence-electron chi connectivity index (χ3n) is 9.26. The Labute approximate surface area is 325 Å². The van der Waals surface area contributed by atoms with Crippen LogP contribution in [0.1, 0.15) is 42.7 Å². The third-order valence-corrected chi connectivity index (χ3v) is 11.7.